The Balaban J connectivity index is 1.53. The monoisotopic (exact) mass is 302 g/mol. The molecule has 3 atom stereocenters. The fourth-order valence-corrected chi connectivity index (χ4v) is 3.05. The van der Waals surface area contributed by atoms with Crippen molar-refractivity contribution >= 4 is 11.6 Å². The molecule has 2 aliphatic rings. The molecule has 5 nitrogen and oxygen atoms in total. The van der Waals surface area contributed by atoms with Gasteiger partial charge in [0.2, 0.25) is 5.91 Å². The highest BCUT2D eigenvalue weighted by Gasteiger charge is 2.35. The fourth-order valence-electron chi connectivity index (χ4n) is 3.05. The van der Waals surface area contributed by atoms with E-state index in [1.54, 1.807) is 17.0 Å². The number of nitrogens with one attached hydrogen (secondary N) is 2. The zero-order valence-electron chi connectivity index (χ0n) is 12.3. The molecule has 6 heteroatoms. The first kappa shape index (κ1) is 14.8. The van der Waals surface area contributed by atoms with E-state index >= 15 is 0 Å². The smallest absolute Gasteiger partial charge is 0.239 e. The molecular weight excluding hydrogens is 283 g/mol. The van der Waals surface area contributed by atoms with Crippen LogP contribution < -0.4 is 10.6 Å². The lowest BCUT2D eigenvalue weighted by atomic mass is 10.1. The Morgan fingerprint density at radius 2 is 2.18 bits per heavy atom. The molecule has 3 rings (SSSR count). The normalized spacial score (nSPS) is 27.6. The van der Waals surface area contributed by atoms with Gasteiger partial charge in [0.1, 0.15) is 6.17 Å². The maximum Gasteiger partial charge on any atom is 0.239 e. The number of alkyl halides is 1. The standard InChI is InChI=1S/C16H19FN4O/c17-12-5-6-21(10-12)16(22)15-7-14(9-19-15)20-13-3-1-11(8-18)2-4-13/h1-4,12,14-15,19-20H,5-7,9-10H2/t12?,14-,15-/m0/s1. The molecule has 2 aliphatic heterocycles. The lowest BCUT2D eigenvalue weighted by molar-refractivity contribution is -0.132. The van der Waals surface area contributed by atoms with Crippen molar-refractivity contribution in [3.63, 3.8) is 0 Å². The molecule has 1 aromatic rings. The SMILES string of the molecule is N#Cc1ccc(N[C@@H]2CN[C@H](C(=O)N3CCC(F)C3)C2)cc1. The van der Waals surface area contributed by atoms with Crippen LogP contribution in [0.1, 0.15) is 18.4 Å². The number of halogens is 1. The van der Waals surface area contributed by atoms with E-state index in [0.29, 0.717) is 31.5 Å². The summed E-state index contributed by atoms with van der Waals surface area (Å²) in [6, 6.07) is 9.26. The Morgan fingerprint density at radius 1 is 1.41 bits per heavy atom. The van der Waals surface area contributed by atoms with Crippen LogP contribution in [-0.2, 0) is 4.79 Å². The Hall–Kier alpha value is -2.13. The van der Waals surface area contributed by atoms with Crippen LogP contribution in [0.25, 0.3) is 0 Å². The molecule has 0 spiro atoms. The van der Waals surface area contributed by atoms with Crippen molar-refractivity contribution in [1.29, 1.82) is 5.26 Å². The molecule has 0 radical (unpaired) electrons. The van der Waals surface area contributed by atoms with E-state index in [9.17, 15) is 9.18 Å². The third-order valence-electron chi connectivity index (χ3n) is 4.26. The predicted octanol–water partition coefficient (Wildman–Crippen LogP) is 1.27. The van der Waals surface area contributed by atoms with Crippen molar-refractivity contribution in [3.05, 3.63) is 29.8 Å². The molecule has 22 heavy (non-hydrogen) atoms. The predicted molar refractivity (Wildman–Crippen MR) is 81.1 cm³/mol. The highest BCUT2D eigenvalue weighted by Crippen LogP contribution is 2.19. The van der Waals surface area contributed by atoms with E-state index in [1.807, 2.05) is 12.1 Å². The molecule has 0 aliphatic carbocycles. The molecule has 1 unspecified atom stereocenters. The summed E-state index contributed by atoms with van der Waals surface area (Å²) in [5, 5.41) is 15.4. The summed E-state index contributed by atoms with van der Waals surface area (Å²) in [6.07, 6.45) is 0.260. The number of amides is 1. The van der Waals surface area contributed by atoms with Gasteiger partial charge >= 0.3 is 0 Å². The molecule has 0 saturated carbocycles. The number of anilines is 1. The van der Waals surface area contributed by atoms with Crippen LogP contribution in [0.4, 0.5) is 10.1 Å². The van der Waals surface area contributed by atoms with Gasteiger partial charge < -0.3 is 15.5 Å². The number of carbonyl (C=O) groups is 1. The molecule has 2 heterocycles. The van der Waals surface area contributed by atoms with E-state index in [-0.39, 0.29) is 24.5 Å². The molecule has 2 fully saturated rings. The summed E-state index contributed by atoms with van der Waals surface area (Å²) >= 11 is 0. The van der Waals surface area contributed by atoms with Crippen LogP contribution in [0.3, 0.4) is 0 Å². The Labute approximate surface area is 129 Å². The Bertz CT molecular complexity index is 583. The number of hydrogen-bond donors (Lipinski definition) is 2. The van der Waals surface area contributed by atoms with Gasteiger partial charge in [-0.3, -0.25) is 4.79 Å². The van der Waals surface area contributed by atoms with Gasteiger partial charge in [0.25, 0.3) is 0 Å². The van der Waals surface area contributed by atoms with Crippen molar-refractivity contribution in [2.75, 3.05) is 25.0 Å². The summed E-state index contributed by atoms with van der Waals surface area (Å²) in [6.45, 7) is 1.44. The molecule has 116 valence electrons. The van der Waals surface area contributed by atoms with Gasteiger partial charge in [-0.25, -0.2) is 4.39 Å². The average molecular weight is 302 g/mol. The number of likely N-dealkylation sites (tertiary alicyclic amines) is 1. The zero-order valence-corrected chi connectivity index (χ0v) is 12.3. The Morgan fingerprint density at radius 3 is 2.82 bits per heavy atom. The van der Waals surface area contributed by atoms with Crippen molar-refractivity contribution in [2.45, 2.75) is 31.1 Å². The van der Waals surface area contributed by atoms with Crippen molar-refractivity contribution in [2.24, 2.45) is 0 Å². The number of benzene rings is 1. The number of rotatable bonds is 3. The van der Waals surface area contributed by atoms with Crippen LogP contribution in [0.15, 0.2) is 24.3 Å². The molecule has 1 aromatic carbocycles. The van der Waals surface area contributed by atoms with E-state index in [1.165, 1.54) is 0 Å². The van der Waals surface area contributed by atoms with Gasteiger partial charge in [-0.05, 0) is 37.1 Å². The van der Waals surface area contributed by atoms with Gasteiger partial charge in [-0.2, -0.15) is 5.26 Å². The summed E-state index contributed by atoms with van der Waals surface area (Å²) in [5.74, 6) is 0.00396. The van der Waals surface area contributed by atoms with Crippen LogP contribution in [0, 0.1) is 11.3 Å². The molecular formula is C16H19FN4O. The van der Waals surface area contributed by atoms with Crippen molar-refractivity contribution in [3.8, 4) is 6.07 Å². The quantitative estimate of drug-likeness (QED) is 0.882. The minimum atomic E-state index is -0.877. The van der Waals surface area contributed by atoms with E-state index < -0.39 is 6.17 Å². The maximum atomic E-state index is 13.2. The van der Waals surface area contributed by atoms with Gasteiger partial charge in [0, 0.05) is 24.8 Å². The van der Waals surface area contributed by atoms with E-state index in [4.69, 9.17) is 5.26 Å². The largest absolute Gasteiger partial charge is 0.381 e. The van der Waals surface area contributed by atoms with Gasteiger partial charge in [-0.1, -0.05) is 0 Å². The second-order valence-electron chi connectivity index (χ2n) is 5.90. The van der Waals surface area contributed by atoms with Gasteiger partial charge in [-0.15, -0.1) is 0 Å². The number of hydrogen-bond acceptors (Lipinski definition) is 4. The second-order valence-corrected chi connectivity index (χ2v) is 5.90. The first-order chi connectivity index (χ1) is 10.7. The summed E-state index contributed by atoms with van der Waals surface area (Å²) in [5.41, 5.74) is 1.56. The van der Waals surface area contributed by atoms with Gasteiger partial charge in [0.05, 0.1) is 24.2 Å². The molecule has 0 bridgehead atoms. The minimum absolute atomic E-state index is 0.00396. The fraction of sp³-hybridized carbons (Fsp3) is 0.500. The van der Waals surface area contributed by atoms with E-state index in [2.05, 4.69) is 16.7 Å². The highest BCUT2D eigenvalue weighted by atomic mass is 19.1. The number of carbonyl (C=O) groups excluding carboxylic acids is 1. The van der Waals surface area contributed by atoms with Crippen LogP contribution >= 0.6 is 0 Å². The van der Waals surface area contributed by atoms with Crippen LogP contribution in [0.5, 0.6) is 0 Å². The summed E-state index contributed by atoms with van der Waals surface area (Å²) < 4.78 is 13.2. The molecule has 0 aromatic heterocycles. The lowest BCUT2D eigenvalue weighted by Crippen LogP contribution is -2.42. The third kappa shape index (κ3) is 3.20. The molecule has 2 saturated heterocycles. The minimum Gasteiger partial charge on any atom is -0.381 e. The van der Waals surface area contributed by atoms with Crippen LogP contribution in [0.2, 0.25) is 0 Å². The number of nitrogens with zero attached hydrogens (tertiary/aromatic N) is 2. The second kappa shape index (κ2) is 6.32. The highest BCUT2D eigenvalue weighted by molar-refractivity contribution is 5.82. The summed E-state index contributed by atoms with van der Waals surface area (Å²) in [4.78, 5) is 13.9. The first-order valence-electron chi connectivity index (χ1n) is 7.58. The topological polar surface area (TPSA) is 68.2 Å². The first-order valence-corrected chi connectivity index (χ1v) is 7.58. The summed E-state index contributed by atoms with van der Waals surface area (Å²) in [7, 11) is 0. The van der Waals surface area contributed by atoms with Gasteiger partial charge in [0.15, 0.2) is 0 Å². The number of nitriles is 1. The van der Waals surface area contributed by atoms with Crippen molar-refractivity contribution in [1.82, 2.24) is 10.2 Å². The Kier molecular flexibility index (Phi) is 4.25. The zero-order chi connectivity index (χ0) is 15.5. The van der Waals surface area contributed by atoms with E-state index in [0.717, 1.165) is 5.69 Å². The molecule has 2 N–H and O–H groups in total. The third-order valence-corrected chi connectivity index (χ3v) is 4.26. The average Bonchev–Trinajstić information content (AvgIpc) is 3.16. The lowest BCUT2D eigenvalue weighted by Gasteiger charge is -2.20. The van der Waals surface area contributed by atoms with Crippen LogP contribution in [-0.4, -0.2) is 48.7 Å². The molecule has 1 amide bonds. The van der Waals surface area contributed by atoms with Crippen molar-refractivity contribution < 1.29 is 9.18 Å². The maximum absolute atomic E-state index is 13.2.